The molecule has 0 bridgehead atoms. The van der Waals surface area contributed by atoms with Gasteiger partial charge in [0.2, 0.25) is 0 Å². The lowest BCUT2D eigenvalue weighted by Crippen LogP contribution is -2.02. The van der Waals surface area contributed by atoms with Crippen molar-refractivity contribution in [1.29, 1.82) is 5.26 Å². The Bertz CT molecular complexity index is 1270. The molecule has 0 aliphatic heterocycles. The van der Waals surface area contributed by atoms with Crippen LogP contribution in [0.15, 0.2) is 60.3 Å². The molecule has 0 amide bonds. The SMILES string of the molecule is N#C/C=C1/C(=C2\c3ccccc3-c3ncccc32)C(O)c2c(F)cc(F)c(F)c21. The van der Waals surface area contributed by atoms with Gasteiger partial charge in [-0.3, -0.25) is 4.98 Å². The molecule has 1 unspecified atom stereocenters. The minimum Gasteiger partial charge on any atom is -0.383 e. The lowest BCUT2D eigenvalue weighted by molar-refractivity contribution is 0.220. The zero-order chi connectivity index (χ0) is 20.3. The highest BCUT2D eigenvalue weighted by Gasteiger charge is 2.41. The van der Waals surface area contributed by atoms with Gasteiger partial charge in [-0.1, -0.05) is 30.3 Å². The number of fused-ring (bicyclic) bond motifs is 4. The van der Waals surface area contributed by atoms with E-state index in [2.05, 4.69) is 4.98 Å². The summed E-state index contributed by atoms with van der Waals surface area (Å²) in [5, 5.41) is 20.3. The molecule has 1 atom stereocenters. The first-order valence-electron chi connectivity index (χ1n) is 8.80. The second-order valence-electron chi connectivity index (χ2n) is 6.77. The number of aromatic nitrogens is 1. The van der Waals surface area contributed by atoms with Gasteiger partial charge in [-0.05, 0) is 17.2 Å². The van der Waals surface area contributed by atoms with Crippen molar-refractivity contribution in [2.45, 2.75) is 6.10 Å². The molecule has 3 aromatic rings. The maximum Gasteiger partial charge on any atom is 0.167 e. The quantitative estimate of drug-likeness (QED) is 0.343. The molecule has 3 nitrogen and oxygen atoms in total. The molecule has 6 heteroatoms. The van der Waals surface area contributed by atoms with Gasteiger partial charge in [0.15, 0.2) is 11.6 Å². The molecule has 0 radical (unpaired) electrons. The Balaban J connectivity index is 1.94. The number of aliphatic hydroxyl groups excluding tert-OH is 1. The van der Waals surface area contributed by atoms with Crippen LogP contribution in [0, 0.1) is 28.8 Å². The summed E-state index contributed by atoms with van der Waals surface area (Å²) >= 11 is 0. The third-order valence-electron chi connectivity index (χ3n) is 5.32. The number of benzene rings is 2. The van der Waals surface area contributed by atoms with Crippen molar-refractivity contribution in [3.05, 3.63) is 100 Å². The van der Waals surface area contributed by atoms with E-state index in [4.69, 9.17) is 0 Å². The Morgan fingerprint density at radius 1 is 1.00 bits per heavy atom. The Kier molecular flexibility index (Phi) is 3.70. The van der Waals surface area contributed by atoms with Crippen LogP contribution < -0.4 is 0 Å². The molecule has 0 spiro atoms. The van der Waals surface area contributed by atoms with Crippen LogP contribution in [0.5, 0.6) is 0 Å². The number of rotatable bonds is 0. The summed E-state index contributed by atoms with van der Waals surface area (Å²) in [6.07, 6.45) is 1.08. The van der Waals surface area contributed by atoms with Crippen molar-refractivity contribution in [2.24, 2.45) is 0 Å². The predicted molar refractivity (Wildman–Crippen MR) is 101 cm³/mol. The van der Waals surface area contributed by atoms with Crippen LogP contribution in [0.25, 0.3) is 22.4 Å². The number of pyridine rings is 1. The highest BCUT2D eigenvalue weighted by molar-refractivity contribution is 6.08. The van der Waals surface area contributed by atoms with Crippen LogP contribution in [0.4, 0.5) is 13.2 Å². The van der Waals surface area contributed by atoms with E-state index in [0.29, 0.717) is 28.5 Å². The van der Waals surface area contributed by atoms with E-state index in [1.165, 1.54) is 0 Å². The summed E-state index contributed by atoms with van der Waals surface area (Å²) in [6, 6.07) is 13.0. The molecular weight excluding hydrogens is 377 g/mol. The van der Waals surface area contributed by atoms with E-state index in [9.17, 15) is 23.5 Å². The third kappa shape index (κ3) is 2.25. The molecule has 0 saturated heterocycles. The summed E-state index contributed by atoms with van der Waals surface area (Å²) in [4.78, 5) is 4.41. The van der Waals surface area contributed by atoms with Crippen LogP contribution in [0.1, 0.15) is 28.4 Å². The fraction of sp³-hybridized carbons (Fsp3) is 0.0435. The third-order valence-corrected chi connectivity index (χ3v) is 5.32. The van der Waals surface area contributed by atoms with Crippen molar-refractivity contribution in [3.8, 4) is 17.3 Å². The number of hydrogen-bond acceptors (Lipinski definition) is 3. The van der Waals surface area contributed by atoms with Gasteiger partial charge in [0.05, 0.1) is 11.8 Å². The van der Waals surface area contributed by atoms with E-state index >= 15 is 0 Å². The molecule has 2 aliphatic carbocycles. The summed E-state index contributed by atoms with van der Waals surface area (Å²) < 4.78 is 43.1. The number of nitriles is 1. The molecule has 1 N–H and O–H groups in total. The summed E-state index contributed by atoms with van der Waals surface area (Å²) in [5.74, 6) is -3.74. The van der Waals surface area contributed by atoms with Gasteiger partial charge >= 0.3 is 0 Å². The van der Waals surface area contributed by atoms with Gasteiger partial charge in [-0.2, -0.15) is 5.26 Å². The molecule has 2 aliphatic rings. The van der Waals surface area contributed by atoms with Crippen molar-refractivity contribution in [3.63, 3.8) is 0 Å². The zero-order valence-corrected chi connectivity index (χ0v) is 14.7. The summed E-state index contributed by atoms with van der Waals surface area (Å²) in [5.41, 5.74) is 2.70. The van der Waals surface area contributed by atoms with Crippen LogP contribution in [-0.4, -0.2) is 10.1 Å². The molecular formula is C23H11F3N2O. The van der Waals surface area contributed by atoms with Crippen molar-refractivity contribution < 1.29 is 18.3 Å². The number of allylic oxidation sites excluding steroid dienone is 1. The standard InChI is InChI=1S/C23H11F3N2O/c24-15-10-16(25)21(26)18-13(7-8-27)19(23(29)20(15)18)17-11-4-1-2-5-12(11)22-14(17)6-3-9-28-22/h1-7,9-10,23,29H/b13-7+,19-17-. The lowest BCUT2D eigenvalue weighted by atomic mass is 9.92. The van der Waals surface area contributed by atoms with E-state index in [0.717, 1.165) is 11.6 Å². The summed E-state index contributed by atoms with van der Waals surface area (Å²) in [7, 11) is 0. The molecule has 140 valence electrons. The first-order valence-corrected chi connectivity index (χ1v) is 8.80. The maximum absolute atomic E-state index is 14.6. The number of nitrogens with zero attached hydrogens (tertiary/aromatic N) is 2. The Morgan fingerprint density at radius 3 is 2.48 bits per heavy atom. The highest BCUT2D eigenvalue weighted by atomic mass is 19.2. The smallest absolute Gasteiger partial charge is 0.167 e. The lowest BCUT2D eigenvalue weighted by Gasteiger charge is -2.13. The van der Waals surface area contributed by atoms with E-state index in [1.54, 1.807) is 30.5 Å². The molecule has 5 rings (SSSR count). The first-order chi connectivity index (χ1) is 14.0. The average molecular weight is 388 g/mol. The fourth-order valence-corrected chi connectivity index (χ4v) is 4.22. The van der Waals surface area contributed by atoms with Gasteiger partial charge in [0.25, 0.3) is 0 Å². The maximum atomic E-state index is 14.6. The Hall–Kier alpha value is -3.69. The second kappa shape index (κ2) is 6.16. The van der Waals surface area contributed by atoms with E-state index in [-0.39, 0.29) is 16.7 Å². The largest absolute Gasteiger partial charge is 0.383 e. The van der Waals surface area contributed by atoms with Crippen LogP contribution in [-0.2, 0) is 0 Å². The molecule has 1 aromatic heterocycles. The first kappa shape index (κ1) is 17.4. The predicted octanol–water partition coefficient (Wildman–Crippen LogP) is 4.94. The van der Waals surface area contributed by atoms with E-state index in [1.807, 2.05) is 18.2 Å². The molecule has 1 heterocycles. The van der Waals surface area contributed by atoms with Gasteiger partial charge in [0, 0.05) is 51.7 Å². The number of aliphatic hydroxyl groups is 1. The molecule has 29 heavy (non-hydrogen) atoms. The van der Waals surface area contributed by atoms with Gasteiger partial charge < -0.3 is 5.11 Å². The fourth-order valence-electron chi connectivity index (χ4n) is 4.22. The number of halogens is 3. The van der Waals surface area contributed by atoms with Crippen LogP contribution >= 0.6 is 0 Å². The van der Waals surface area contributed by atoms with Gasteiger partial charge in [-0.25, -0.2) is 13.2 Å². The van der Waals surface area contributed by atoms with Crippen LogP contribution in [0.2, 0.25) is 0 Å². The monoisotopic (exact) mass is 388 g/mol. The van der Waals surface area contributed by atoms with Crippen molar-refractivity contribution >= 4 is 11.1 Å². The zero-order valence-electron chi connectivity index (χ0n) is 14.7. The minimum absolute atomic E-state index is 0.0348. The Morgan fingerprint density at radius 2 is 1.72 bits per heavy atom. The molecule has 0 saturated carbocycles. The van der Waals surface area contributed by atoms with Gasteiger partial charge in [0.1, 0.15) is 11.9 Å². The van der Waals surface area contributed by atoms with Gasteiger partial charge in [-0.15, -0.1) is 0 Å². The number of hydrogen-bond donors (Lipinski definition) is 1. The normalized spacial score (nSPS) is 20.4. The topological polar surface area (TPSA) is 56.9 Å². The minimum atomic E-state index is -1.56. The average Bonchev–Trinajstić information content (AvgIpc) is 3.19. The Labute approximate surface area is 163 Å². The van der Waals surface area contributed by atoms with Crippen molar-refractivity contribution in [2.75, 3.05) is 0 Å². The highest BCUT2D eigenvalue weighted by Crippen LogP contribution is 2.54. The second-order valence-corrected chi connectivity index (χ2v) is 6.77. The molecule has 0 fully saturated rings. The van der Waals surface area contributed by atoms with Crippen molar-refractivity contribution in [1.82, 2.24) is 4.98 Å². The van der Waals surface area contributed by atoms with Crippen LogP contribution in [0.3, 0.4) is 0 Å². The molecule has 2 aromatic carbocycles. The van der Waals surface area contributed by atoms with E-state index < -0.39 is 29.1 Å². The summed E-state index contributed by atoms with van der Waals surface area (Å²) in [6.45, 7) is 0.